The van der Waals surface area contributed by atoms with Gasteiger partial charge in [0.2, 0.25) is 0 Å². The summed E-state index contributed by atoms with van der Waals surface area (Å²) in [6.45, 7) is 5.76. The number of benzene rings is 2. The average Bonchev–Trinajstić information content (AvgIpc) is 3.14. The van der Waals surface area contributed by atoms with Crippen molar-refractivity contribution in [3.63, 3.8) is 0 Å². The monoisotopic (exact) mass is 433 g/mol. The van der Waals surface area contributed by atoms with Crippen LogP contribution in [0.15, 0.2) is 59.2 Å². The highest BCUT2D eigenvalue weighted by atomic mass is 35.5. The van der Waals surface area contributed by atoms with Gasteiger partial charge in [-0.1, -0.05) is 35.3 Å². The minimum atomic E-state index is -0.670. The van der Waals surface area contributed by atoms with Crippen LogP contribution >= 0.6 is 23.2 Å². The van der Waals surface area contributed by atoms with Crippen LogP contribution < -0.4 is 4.74 Å². The number of aliphatic hydroxyl groups excluding tert-OH is 1. The molecule has 0 aliphatic heterocycles. The van der Waals surface area contributed by atoms with Crippen LogP contribution in [0, 0.1) is 13.8 Å². The number of ether oxygens (including phenoxy) is 1. The van der Waals surface area contributed by atoms with Gasteiger partial charge in [-0.25, -0.2) is 0 Å². The Kier molecular flexibility index (Phi) is 7.62. The molecule has 3 aromatic rings. The average molecular weight is 434 g/mol. The smallest absolute Gasteiger partial charge is 0.119 e. The predicted octanol–water partition coefficient (Wildman–Crippen LogP) is 5.65. The maximum Gasteiger partial charge on any atom is 0.119 e. The SMILES string of the molecule is Cc1cc(C)cc(OCC(O)CN(Cc2ccco2)Cc2ccc(Cl)cc2Cl)c1. The van der Waals surface area contributed by atoms with Crippen LogP contribution in [0.25, 0.3) is 0 Å². The number of hydrogen-bond donors (Lipinski definition) is 1. The largest absolute Gasteiger partial charge is 0.491 e. The Morgan fingerprint density at radius 1 is 1.03 bits per heavy atom. The number of furan rings is 1. The van der Waals surface area contributed by atoms with Gasteiger partial charge in [0.25, 0.3) is 0 Å². The van der Waals surface area contributed by atoms with E-state index in [4.69, 9.17) is 32.4 Å². The zero-order chi connectivity index (χ0) is 20.8. The molecular formula is C23H25Cl2NO3. The van der Waals surface area contributed by atoms with E-state index in [1.807, 2.05) is 50.2 Å². The Morgan fingerprint density at radius 2 is 1.79 bits per heavy atom. The van der Waals surface area contributed by atoms with Gasteiger partial charge in [0.15, 0.2) is 0 Å². The molecule has 0 aliphatic rings. The van der Waals surface area contributed by atoms with Crippen molar-refractivity contribution in [1.29, 1.82) is 0 Å². The molecule has 1 atom stereocenters. The minimum Gasteiger partial charge on any atom is -0.491 e. The maximum atomic E-state index is 10.6. The lowest BCUT2D eigenvalue weighted by Crippen LogP contribution is -2.35. The number of halogens is 2. The fourth-order valence-electron chi connectivity index (χ4n) is 3.26. The lowest BCUT2D eigenvalue weighted by atomic mass is 10.1. The van der Waals surface area contributed by atoms with Gasteiger partial charge in [0, 0.05) is 23.1 Å². The third-order valence-corrected chi connectivity index (χ3v) is 5.06. The Bertz CT molecular complexity index is 908. The Balaban J connectivity index is 1.65. The number of aliphatic hydroxyl groups is 1. The third kappa shape index (κ3) is 6.79. The number of nitrogens with zero attached hydrogens (tertiary/aromatic N) is 1. The van der Waals surface area contributed by atoms with E-state index in [0.717, 1.165) is 28.2 Å². The molecule has 1 heterocycles. The second kappa shape index (κ2) is 10.2. The van der Waals surface area contributed by atoms with Gasteiger partial charge in [0.1, 0.15) is 24.2 Å². The van der Waals surface area contributed by atoms with Crippen molar-refractivity contribution < 1.29 is 14.3 Å². The Morgan fingerprint density at radius 3 is 2.45 bits per heavy atom. The van der Waals surface area contributed by atoms with Gasteiger partial charge >= 0.3 is 0 Å². The third-order valence-electron chi connectivity index (χ3n) is 4.48. The summed E-state index contributed by atoms with van der Waals surface area (Å²) in [5.41, 5.74) is 3.20. The van der Waals surface area contributed by atoms with E-state index < -0.39 is 6.10 Å². The molecule has 0 saturated heterocycles. The van der Waals surface area contributed by atoms with Crippen molar-refractivity contribution in [3.05, 3.63) is 87.3 Å². The van der Waals surface area contributed by atoms with E-state index in [1.54, 1.807) is 12.3 Å². The lowest BCUT2D eigenvalue weighted by Gasteiger charge is -2.25. The molecule has 4 nitrogen and oxygen atoms in total. The van der Waals surface area contributed by atoms with Crippen LogP contribution in [-0.4, -0.2) is 29.3 Å². The molecule has 6 heteroatoms. The van der Waals surface area contributed by atoms with Crippen molar-refractivity contribution in [2.45, 2.75) is 33.0 Å². The number of aryl methyl sites for hydroxylation is 2. The van der Waals surface area contributed by atoms with Crippen LogP contribution in [0.2, 0.25) is 10.0 Å². The Labute approximate surface area is 181 Å². The first-order chi connectivity index (χ1) is 13.9. The summed E-state index contributed by atoms with van der Waals surface area (Å²) < 4.78 is 11.3. The summed E-state index contributed by atoms with van der Waals surface area (Å²) in [5.74, 6) is 1.58. The van der Waals surface area contributed by atoms with Gasteiger partial charge in [0.05, 0.1) is 12.8 Å². The maximum absolute atomic E-state index is 10.6. The second-order valence-electron chi connectivity index (χ2n) is 7.27. The van der Waals surface area contributed by atoms with Crippen molar-refractivity contribution in [2.24, 2.45) is 0 Å². The van der Waals surface area contributed by atoms with E-state index in [9.17, 15) is 5.11 Å². The van der Waals surface area contributed by atoms with E-state index in [1.165, 1.54) is 0 Å². The minimum absolute atomic E-state index is 0.200. The van der Waals surface area contributed by atoms with E-state index in [-0.39, 0.29) is 6.61 Å². The molecule has 29 heavy (non-hydrogen) atoms. The Hall–Kier alpha value is -1.98. The van der Waals surface area contributed by atoms with E-state index >= 15 is 0 Å². The van der Waals surface area contributed by atoms with Crippen molar-refractivity contribution in [3.8, 4) is 5.75 Å². The summed E-state index contributed by atoms with van der Waals surface area (Å²) >= 11 is 12.3. The van der Waals surface area contributed by atoms with Crippen LogP contribution in [0.5, 0.6) is 5.75 Å². The quantitative estimate of drug-likeness (QED) is 0.473. The molecule has 0 radical (unpaired) electrons. The molecule has 1 N–H and O–H groups in total. The lowest BCUT2D eigenvalue weighted by molar-refractivity contribution is 0.0604. The molecular weight excluding hydrogens is 409 g/mol. The van der Waals surface area contributed by atoms with Gasteiger partial charge in [-0.2, -0.15) is 0 Å². The second-order valence-corrected chi connectivity index (χ2v) is 8.12. The van der Waals surface area contributed by atoms with Crippen LogP contribution in [-0.2, 0) is 13.1 Å². The molecule has 0 fully saturated rings. The standard InChI is InChI=1S/C23H25Cl2NO3/c1-16-8-17(2)10-22(9-16)29-15-20(27)13-26(14-21-4-3-7-28-21)12-18-5-6-19(24)11-23(18)25/h3-11,20,27H,12-15H2,1-2H3. The summed E-state index contributed by atoms with van der Waals surface area (Å²) in [4.78, 5) is 2.07. The van der Waals surface area contributed by atoms with E-state index in [0.29, 0.717) is 29.7 Å². The zero-order valence-electron chi connectivity index (χ0n) is 16.6. The van der Waals surface area contributed by atoms with Gasteiger partial charge in [-0.3, -0.25) is 4.90 Å². The molecule has 0 spiro atoms. The summed E-state index contributed by atoms with van der Waals surface area (Å²) in [7, 11) is 0. The first-order valence-corrected chi connectivity index (χ1v) is 10.2. The van der Waals surface area contributed by atoms with Crippen LogP contribution in [0.1, 0.15) is 22.5 Å². The van der Waals surface area contributed by atoms with Gasteiger partial charge < -0.3 is 14.3 Å². The summed E-state index contributed by atoms with van der Waals surface area (Å²) in [6.07, 6.45) is 0.972. The first kappa shape index (κ1) is 21.7. The highest BCUT2D eigenvalue weighted by molar-refractivity contribution is 6.35. The fraction of sp³-hybridized carbons (Fsp3) is 0.304. The topological polar surface area (TPSA) is 45.8 Å². The van der Waals surface area contributed by atoms with Gasteiger partial charge in [-0.15, -0.1) is 0 Å². The van der Waals surface area contributed by atoms with Crippen LogP contribution in [0.3, 0.4) is 0 Å². The number of hydrogen-bond acceptors (Lipinski definition) is 4. The molecule has 1 unspecified atom stereocenters. The highest BCUT2D eigenvalue weighted by Gasteiger charge is 2.16. The molecule has 2 aromatic carbocycles. The van der Waals surface area contributed by atoms with Crippen molar-refractivity contribution in [1.82, 2.24) is 4.90 Å². The van der Waals surface area contributed by atoms with Crippen molar-refractivity contribution >= 4 is 23.2 Å². The predicted molar refractivity (Wildman–Crippen MR) is 117 cm³/mol. The molecule has 0 amide bonds. The van der Waals surface area contributed by atoms with Gasteiger partial charge in [-0.05, 0) is 66.9 Å². The fourth-order valence-corrected chi connectivity index (χ4v) is 3.73. The first-order valence-electron chi connectivity index (χ1n) is 9.47. The zero-order valence-corrected chi connectivity index (χ0v) is 18.1. The molecule has 0 aliphatic carbocycles. The molecule has 1 aromatic heterocycles. The molecule has 0 bridgehead atoms. The van der Waals surface area contributed by atoms with Crippen molar-refractivity contribution in [2.75, 3.05) is 13.2 Å². The van der Waals surface area contributed by atoms with E-state index in [2.05, 4.69) is 11.0 Å². The van der Waals surface area contributed by atoms with Crippen LogP contribution in [0.4, 0.5) is 0 Å². The molecule has 0 saturated carbocycles. The normalized spacial score (nSPS) is 12.3. The summed E-state index contributed by atoms with van der Waals surface area (Å²) in [5, 5.41) is 11.8. The highest BCUT2D eigenvalue weighted by Crippen LogP contribution is 2.23. The summed E-state index contributed by atoms with van der Waals surface area (Å²) in [6, 6.07) is 15.2. The molecule has 3 rings (SSSR count). The number of rotatable bonds is 9. The molecule has 154 valence electrons.